The Balaban J connectivity index is 2.05. The topological polar surface area (TPSA) is 73.0 Å². The Morgan fingerprint density at radius 2 is 1.72 bits per heavy atom. The number of carbonyl (C=O) groups is 3. The van der Waals surface area contributed by atoms with Crippen LogP contribution in [-0.2, 0) is 16.0 Å². The predicted molar refractivity (Wildman–Crippen MR) is 131 cm³/mol. The van der Waals surface area contributed by atoms with Gasteiger partial charge in [0.2, 0.25) is 5.91 Å². The van der Waals surface area contributed by atoms with Crippen molar-refractivity contribution < 1.29 is 14.4 Å². The molecule has 0 unspecified atom stereocenters. The Hall–Kier alpha value is -2.06. The summed E-state index contributed by atoms with van der Waals surface area (Å²) in [6.45, 7) is 9.72. The summed E-state index contributed by atoms with van der Waals surface area (Å²) in [5.41, 5.74) is 1.15. The first-order valence-electron chi connectivity index (χ1n) is 11.5. The number of thioether (sulfide) groups is 1. The van der Waals surface area contributed by atoms with E-state index in [9.17, 15) is 14.4 Å². The van der Waals surface area contributed by atoms with Gasteiger partial charge in [0.15, 0.2) is 5.12 Å². The summed E-state index contributed by atoms with van der Waals surface area (Å²) in [6, 6.07) is 9.25. The van der Waals surface area contributed by atoms with Crippen LogP contribution in [0.25, 0.3) is 0 Å². The summed E-state index contributed by atoms with van der Waals surface area (Å²) < 4.78 is 0. The Labute approximate surface area is 196 Å². The molecule has 0 aliphatic carbocycles. The van der Waals surface area contributed by atoms with Crippen molar-refractivity contribution in [1.82, 2.24) is 20.0 Å². The molecule has 1 saturated heterocycles. The van der Waals surface area contributed by atoms with Crippen molar-refractivity contribution in [3.05, 3.63) is 35.9 Å². The van der Waals surface area contributed by atoms with Crippen molar-refractivity contribution in [1.29, 1.82) is 0 Å². The molecular weight excluding hydrogens is 424 g/mol. The number of amides is 3. The van der Waals surface area contributed by atoms with Gasteiger partial charge in [0.05, 0.1) is 0 Å². The van der Waals surface area contributed by atoms with Gasteiger partial charge in [-0.15, -0.1) is 0 Å². The average Bonchev–Trinajstić information content (AvgIpc) is 2.75. The molecule has 0 aromatic heterocycles. The quantitative estimate of drug-likeness (QED) is 0.579. The lowest BCUT2D eigenvalue weighted by Crippen LogP contribution is -2.56. The first-order valence-corrected chi connectivity index (χ1v) is 12.4. The highest BCUT2D eigenvalue weighted by Gasteiger charge is 2.29. The zero-order valence-electron chi connectivity index (χ0n) is 19.9. The molecule has 1 fully saturated rings. The number of rotatable bonds is 10. The van der Waals surface area contributed by atoms with Gasteiger partial charge in [0.25, 0.3) is 0 Å². The molecule has 1 aliphatic rings. The van der Waals surface area contributed by atoms with E-state index in [1.807, 2.05) is 35.2 Å². The maximum atomic E-state index is 13.2. The number of likely N-dealkylation sites (N-methyl/N-ethyl adjacent to an activating group) is 1. The van der Waals surface area contributed by atoms with Gasteiger partial charge in [-0.25, -0.2) is 4.79 Å². The number of nitrogens with one attached hydrogen (secondary N) is 1. The van der Waals surface area contributed by atoms with E-state index in [1.165, 1.54) is 18.7 Å². The second-order valence-electron chi connectivity index (χ2n) is 8.82. The Kier molecular flexibility index (Phi) is 11.0. The summed E-state index contributed by atoms with van der Waals surface area (Å²) in [5.74, 6) is 0.822. The molecule has 32 heavy (non-hydrogen) atoms. The molecule has 8 heteroatoms. The fourth-order valence-electron chi connectivity index (χ4n) is 3.70. The molecule has 0 spiro atoms. The van der Waals surface area contributed by atoms with Crippen molar-refractivity contribution in [2.75, 3.05) is 52.1 Å². The molecule has 178 valence electrons. The van der Waals surface area contributed by atoms with Gasteiger partial charge in [-0.05, 0) is 31.4 Å². The second-order valence-corrected chi connectivity index (χ2v) is 10.1. The van der Waals surface area contributed by atoms with Crippen LogP contribution in [0.2, 0.25) is 0 Å². The van der Waals surface area contributed by atoms with Gasteiger partial charge < -0.3 is 20.0 Å². The van der Waals surface area contributed by atoms with Crippen molar-refractivity contribution in [2.24, 2.45) is 5.92 Å². The molecule has 1 heterocycles. The number of nitrogens with zero attached hydrogens (tertiary/aromatic N) is 3. The van der Waals surface area contributed by atoms with Crippen LogP contribution in [0, 0.1) is 5.92 Å². The van der Waals surface area contributed by atoms with E-state index in [0.717, 1.165) is 25.1 Å². The standard InChI is InChI=1S/C24H38N4O3S/c1-19(2)18-22(23(30)27-14-12-26(4)13-15-27)25-24(31)28(16-17-32-20(3)29)11-10-21-8-6-5-7-9-21/h5-9,19,22H,10-18H2,1-4H3,(H,25,31)/t22-/m0/s1. The van der Waals surface area contributed by atoms with Crippen LogP contribution in [0.3, 0.4) is 0 Å². The highest BCUT2D eigenvalue weighted by atomic mass is 32.2. The molecule has 3 amide bonds. The number of carbonyl (C=O) groups excluding carboxylic acids is 3. The lowest BCUT2D eigenvalue weighted by Gasteiger charge is -2.35. The normalized spacial score (nSPS) is 15.5. The molecule has 7 nitrogen and oxygen atoms in total. The first kappa shape index (κ1) is 26.2. The highest BCUT2D eigenvalue weighted by molar-refractivity contribution is 8.13. The smallest absolute Gasteiger partial charge is 0.318 e. The fourth-order valence-corrected chi connectivity index (χ4v) is 4.30. The Bertz CT molecular complexity index is 736. The minimum Gasteiger partial charge on any atom is -0.338 e. The largest absolute Gasteiger partial charge is 0.338 e. The number of urea groups is 1. The van der Waals surface area contributed by atoms with E-state index < -0.39 is 6.04 Å². The summed E-state index contributed by atoms with van der Waals surface area (Å²) >= 11 is 1.22. The van der Waals surface area contributed by atoms with Gasteiger partial charge >= 0.3 is 6.03 Å². The van der Waals surface area contributed by atoms with E-state index in [0.29, 0.717) is 38.4 Å². The van der Waals surface area contributed by atoms with Gasteiger partial charge in [0.1, 0.15) is 6.04 Å². The van der Waals surface area contributed by atoms with Crippen molar-refractivity contribution in [2.45, 2.75) is 39.7 Å². The van der Waals surface area contributed by atoms with Crippen LogP contribution in [0.15, 0.2) is 30.3 Å². The van der Waals surface area contributed by atoms with Gasteiger partial charge in [-0.2, -0.15) is 0 Å². The second kappa shape index (κ2) is 13.5. The average molecular weight is 463 g/mol. The maximum absolute atomic E-state index is 13.2. The summed E-state index contributed by atoms with van der Waals surface area (Å²) in [6.07, 6.45) is 1.33. The number of hydrogen-bond acceptors (Lipinski definition) is 5. The summed E-state index contributed by atoms with van der Waals surface area (Å²) in [7, 11) is 2.05. The van der Waals surface area contributed by atoms with Crippen LogP contribution in [0.4, 0.5) is 4.79 Å². The van der Waals surface area contributed by atoms with Crippen LogP contribution < -0.4 is 5.32 Å². The molecule has 1 N–H and O–H groups in total. The van der Waals surface area contributed by atoms with Crippen LogP contribution in [-0.4, -0.2) is 89.9 Å². The van der Waals surface area contributed by atoms with Gasteiger partial charge in [-0.1, -0.05) is 55.9 Å². The third kappa shape index (κ3) is 9.20. The SMILES string of the molecule is CC(=O)SCCN(CCc1ccccc1)C(=O)N[C@@H](CC(C)C)C(=O)N1CCN(C)CC1. The fraction of sp³-hybridized carbons (Fsp3) is 0.625. The molecule has 0 saturated carbocycles. The first-order chi connectivity index (χ1) is 15.3. The van der Waals surface area contributed by atoms with Crippen LogP contribution in [0.5, 0.6) is 0 Å². The monoisotopic (exact) mass is 462 g/mol. The van der Waals surface area contributed by atoms with E-state index in [2.05, 4.69) is 31.1 Å². The van der Waals surface area contributed by atoms with Crippen molar-refractivity contribution in [3.63, 3.8) is 0 Å². The van der Waals surface area contributed by atoms with Gasteiger partial charge in [-0.3, -0.25) is 9.59 Å². The molecule has 1 aliphatic heterocycles. The molecular formula is C24H38N4O3S. The lowest BCUT2D eigenvalue weighted by atomic mass is 10.0. The zero-order valence-corrected chi connectivity index (χ0v) is 20.7. The summed E-state index contributed by atoms with van der Waals surface area (Å²) in [4.78, 5) is 43.6. The molecule has 1 atom stereocenters. The van der Waals surface area contributed by atoms with E-state index in [-0.39, 0.29) is 23.0 Å². The third-order valence-electron chi connectivity index (χ3n) is 5.58. The zero-order chi connectivity index (χ0) is 23.5. The minimum absolute atomic E-state index is 0.00118. The van der Waals surface area contributed by atoms with Crippen molar-refractivity contribution >= 4 is 28.8 Å². The van der Waals surface area contributed by atoms with Crippen LogP contribution in [0.1, 0.15) is 32.8 Å². The molecule has 1 aromatic rings. The molecule has 0 radical (unpaired) electrons. The van der Waals surface area contributed by atoms with Crippen LogP contribution >= 0.6 is 11.8 Å². The molecule has 2 rings (SSSR count). The maximum Gasteiger partial charge on any atom is 0.318 e. The van der Waals surface area contributed by atoms with Gasteiger partial charge in [0, 0.05) is 51.9 Å². The lowest BCUT2D eigenvalue weighted by molar-refractivity contribution is -0.135. The van der Waals surface area contributed by atoms with E-state index in [1.54, 1.807) is 4.90 Å². The number of piperazine rings is 1. The number of benzene rings is 1. The van der Waals surface area contributed by atoms with E-state index in [4.69, 9.17) is 0 Å². The van der Waals surface area contributed by atoms with E-state index >= 15 is 0 Å². The summed E-state index contributed by atoms with van der Waals surface area (Å²) in [5, 5.41) is 3.06. The molecule has 1 aromatic carbocycles. The highest BCUT2D eigenvalue weighted by Crippen LogP contribution is 2.12. The Morgan fingerprint density at radius 3 is 2.31 bits per heavy atom. The van der Waals surface area contributed by atoms with Crippen molar-refractivity contribution in [3.8, 4) is 0 Å². The minimum atomic E-state index is -0.536. The predicted octanol–water partition coefficient (Wildman–Crippen LogP) is 2.71. The number of hydrogen-bond donors (Lipinski definition) is 1. The third-order valence-corrected chi connectivity index (χ3v) is 6.38. The Morgan fingerprint density at radius 1 is 1.06 bits per heavy atom. The molecule has 0 bridgehead atoms.